The summed E-state index contributed by atoms with van der Waals surface area (Å²) in [5.74, 6) is 0.868. The number of aliphatic hydroxyl groups excluding tert-OH is 2. The molecule has 3 unspecified atom stereocenters. The first-order chi connectivity index (χ1) is 13.0. The van der Waals surface area contributed by atoms with E-state index in [-0.39, 0.29) is 6.04 Å². The van der Waals surface area contributed by atoms with Crippen molar-refractivity contribution in [2.45, 2.75) is 56.8 Å². The molecular formula is C16H30N8O3. The molecule has 0 spiro atoms. The maximum Gasteiger partial charge on any atom is 0.162 e. The van der Waals surface area contributed by atoms with E-state index < -0.39 is 24.5 Å². The summed E-state index contributed by atoms with van der Waals surface area (Å²) in [6, 6.07) is 0.116. The van der Waals surface area contributed by atoms with E-state index in [0.29, 0.717) is 37.1 Å². The van der Waals surface area contributed by atoms with Gasteiger partial charge in [-0.2, -0.15) is 0 Å². The fourth-order valence-electron chi connectivity index (χ4n) is 3.59. The lowest BCUT2D eigenvalue weighted by Gasteiger charge is -2.30. The van der Waals surface area contributed by atoms with Gasteiger partial charge in [-0.1, -0.05) is 0 Å². The van der Waals surface area contributed by atoms with Crippen molar-refractivity contribution in [3.63, 3.8) is 0 Å². The van der Waals surface area contributed by atoms with Crippen LogP contribution < -0.4 is 32.5 Å². The first kappa shape index (κ1) is 20.0. The molecular weight excluding hydrogens is 352 g/mol. The largest absolute Gasteiger partial charge is 0.388 e. The van der Waals surface area contributed by atoms with E-state index >= 15 is 0 Å². The average Bonchev–Trinajstić information content (AvgIpc) is 3.13. The Kier molecular flexibility index (Phi) is 6.29. The maximum absolute atomic E-state index is 10.4. The Bertz CT molecular complexity index is 636. The second-order valence-corrected chi connectivity index (χ2v) is 7.02. The molecule has 3 rings (SSSR count). The highest BCUT2D eigenvalue weighted by Gasteiger charge is 2.47. The lowest BCUT2D eigenvalue weighted by molar-refractivity contribution is 0.0149. The van der Waals surface area contributed by atoms with E-state index in [1.54, 1.807) is 11.8 Å². The lowest BCUT2D eigenvalue weighted by atomic mass is 10.1. The van der Waals surface area contributed by atoms with E-state index in [9.17, 15) is 10.2 Å². The van der Waals surface area contributed by atoms with Crippen molar-refractivity contribution >= 4 is 17.3 Å². The van der Waals surface area contributed by atoms with Crippen LogP contribution in [0.5, 0.6) is 0 Å². The zero-order valence-electron chi connectivity index (χ0n) is 15.5. The number of ether oxygens (including phenoxy) is 1. The molecule has 1 saturated heterocycles. The van der Waals surface area contributed by atoms with Gasteiger partial charge in [0, 0.05) is 6.04 Å². The molecule has 11 heteroatoms. The van der Waals surface area contributed by atoms with Gasteiger partial charge in [0.25, 0.3) is 0 Å². The summed E-state index contributed by atoms with van der Waals surface area (Å²) in [5, 5.41) is 22.3. The number of hydrazine groups is 1. The molecule has 5 atom stereocenters. The van der Waals surface area contributed by atoms with Gasteiger partial charge < -0.3 is 37.1 Å². The van der Waals surface area contributed by atoms with E-state index in [1.165, 1.54) is 6.33 Å². The fraction of sp³-hybridized carbons (Fsp3) is 0.750. The standard InChI is InChI=1S/C16H30N8O3/c1-9-12(25)13(26)16(27-9)23-8-24(11-14(19)20-7-21-15(11)23)22-10(4-6-18)3-2-5-17/h7,9-10,12-13,16,22,25-26H,2-6,8,17-18H2,1H3,(H2,19,20,21)/t9-,10?,12?,13?,16-/m1/s1. The number of anilines is 3. The summed E-state index contributed by atoms with van der Waals surface area (Å²) in [5.41, 5.74) is 21.5. The molecule has 27 heavy (non-hydrogen) atoms. The highest BCUT2D eigenvalue weighted by atomic mass is 16.6. The van der Waals surface area contributed by atoms with Crippen molar-refractivity contribution in [1.82, 2.24) is 15.4 Å². The Labute approximate surface area is 158 Å². The predicted octanol–water partition coefficient (Wildman–Crippen LogP) is -1.93. The Balaban J connectivity index is 1.83. The molecule has 1 aromatic heterocycles. The minimum absolute atomic E-state index is 0.116. The van der Waals surface area contributed by atoms with Crippen molar-refractivity contribution < 1.29 is 14.9 Å². The summed E-state index contributed by atoms with van der Waals surface area (Å²) >= 11 is 0. The minimum Gasteiger partial charge on any atom is -0.388 e. The van der Waals surface area contributed by atoms with Crippen LogP contribution in [0.1, 0.15) is 26.2 Å². The fourth-order valence-corrected chi connectivity index (χ4v) is 3.59. The quantitative estimate of drug-likeness (QED) is 0.296. The summed E-state index contributed by atoms with van der Waals surface area (Å²) < 4.78 is 5.77. The molecule has 3 heterocycles. The first-order valence-corrected chi connectivity index (χ1v) is 9.30. The van der Waals surface area contributed by atoms with Crippen molar-refractivity contribution in [3.05, 3.63) is 6.33 Å². The molecule has 1 aromatic rings. The van der Waals surface area contributed by atoms with Gasteiger partial charge in [-0.05, 0) is 39.3 Å². The summed E-state index contributed by atoms with van der Waals surface area (Å²) in [6.45, 7) is 3.21. The number of hydrogen-bond acceptors (Lipinski definition) is 11. The van der Waals surface area contributed by atoms with E-state index in [0.717, 1.165) is 19.3 Å². The number of fused-ring (bicyclic) bond motifs is 1. The molecule has 0 aromatic carbocycles. The van der Waals surface area contributed by atoms with Gasteiger partial charge in [-0.15, -0.1) is 0 Å². The molecule has 2 aliphatic heterocycles. The monoisotopic (exact) mass is 382 g/mol. The molecule has 0 radical (unpaired) electrons. The number of hydrogen-bond donors (Lipinski definition) is 6. The number of rotatable bonds is 8. The van der Waals surface area contributed by atoms with Gasteiger partial charge in [-0.3, -0.25) is 5.01 Å². The van der Waals surface area contributed by atoms with Crippen molar-refractivity contribution in [3.8, 4) is 0 Å². The topological polar surface area (TPSA) is 172 Å². The van der Waals surface area contributed by atoms with Crippen molar-refractivity contribution in [2.24, 2.45) is 11.5 Å². The second kappa shape index (κ2) is 8.50. The van der Waals surface area contributed by atoms with Crippen LogP contribution in [0.4, 0.5) is 17.3 Å². The Morgan fingerprint density at radius 2 is 2.04 bits per heavy atom. The van der Waals surface area contributed by atoms with Crippen LogP contribution in [0.2, 0.25) is 0 Å². The third-order valence-electron chi connectivity index (χ3n) is 5.06. The van der Waals surface area contributed by atoms with Crippen LogP contribution in [0, 0.1) is 0 Å². The molecule has 0 aliphatic carbocycles. The van der Waals surface area contributed by atoms with Gasteiger partial charge in [0.05, 0.1) is 6.10 Å². The number of nitrogens with one attached hydrogen (secondary N) is 1. The number of nitrogen functional groups attached to an aromatic ring is 1. The van der Waals surface area contributed by atoms with Gasteiger partial charge in [0.1, 0.15) is 30.9 Å². The lowest BCUT2D eigenvalue weighted by Crippen LogP contribution is -2.51. The number of aromatic nitrogens is 2. The molecule has 0 amide bonds. The van der Waals surface area contributed by atoms with Crippen LogP contribution in [0.3, 0.4) is 0 Å². The normalized spacial score (nSPS) is 28.6. The highest BCUT2D eigenvalue weighted by Crippen LogP contribution is 2.40. The predicted molar refractivity (Wildman–Crippen MR) is 102 cm³/mol. The van der Waals surface area contributed by atoms with Crippen LogP contribution in [-0.4, -0.2) is 70.5 Å². The van der Waals surface area contributed by atoms with Crippen molar-refractivity contribution in [2.75, 3.05) is 35.4 Å². The molecule has 9 N–H and O–H groups in total. The van der Waals surface area contributed by atoms with Crippen LogP contribution in [0.15, 0.2) is 6.33 Å². The molecule has 11 nitrogen and oxygen atoms in total. The summed E-state index contributed by atoms with van der Waals surface area (Å²) in [4.78, 5) is 10.2. The first-order valence-electron chi connectivity index (χ1n) is 9.30. The molecule has 1 fully saturated rings. The third-order valence-corrected chi connectivity index (χ3v) is 5.06. The highest BCUT2D eigenvalue weighted by molar-refractivity contribution is 5.81. The van der Waals surface area contributed by atoms with E-state index in [1.807, 2.05) is 5.01 Å². The summed E-state index contributed by atoms with van der Waals surface area (Å²) in [6.07, 6.45) is 0.656. The maximum atomic E-state index is 10.4. The zero-order chi connectivity index (χ0) is 19.6. The SMILES string of the molecule is C[C@H]1O[C@@H](N2CN(NC(CCN)CCCN)c3c(N)ncnc32)C(O)C1O. The van der Waals surface area contributed by atoms with Crippen LogP contribution in [-0.2, 0) is 4.74 Å². The smallest absolute Gasteiger partial charge is 0.162 e. The molecule has 0 bridgehead atoms. The number of nitrogens with two attached hydrogens (primary N) is 3. The third kappa shape index (κ3) is 3.93. The Morgan fingerprint density at radius 1 is 1.26 bits per heavy atom. The Morgan fingerprint density at radius 3 is 2.67 bits per heavy atom. The second-order valence-electron chi connectivity index (χ2n) is 7.02. The van der Waals surface area contributed by atoms with Gasteiger partial charge in [0.15, 0.2) is 17.9 Å². The van der Waals surface area contributed by atoms with Gasteiger partial charge in [0.2, 0.25) is 0 Å². The summed E-state index contributed by atoms with van der Waals surface area (Å²) in [7, 11) is 0. The van der Waals surface area contributed by atoms with Gasteiger partial charge in [-0.25, -0.2) is 15.4 Å². The molecule has 0 saturated carbocycles. The average molecular weight is 382 g/mol. The zero-order valence-corrected chi connectivity index (χ0v) is 15.5. The number of aliphatic hydroxyl groups is 2. The van der Waals surface area contributed by atoms with E-state index in [4.69, 9.17) is 21.9 Å². The van der Waals surface area contributed by atoms with E-state index in [2.05, 4.69) is 15.4 Å². The van der Waals surface area contributed by atoms with Gasteiger partial charge >= 0.3 is 0 Å². The molecule has 152 valence electrons. The van der Waals surface area contributed by atoms with Crippen LogP contribution in [0.25, 0.3) is 0 Å². The van der Waals surface area contributed by atoms with Crippen molar-refractivity contribution in [1.29, 1.82) is 0 Å². The minimum atomic E-state index is -1.05. The molecule has 2 aliphatic rings. The Hall–Kier alpha value is -1.76. The number of nitrogens with zero attached hydrogens (tertiary/aromatic N) is 4. The van der Waals surface area contributed by atoms with Crippen LogP contribution >= 0.6 is 0 Å².